The first-order valence-corrected chi connectivity index (χ1v) is 5.24. The zero-order chi connectivity index (χ0) is 12.4. The summed E-state index contributed by atoms with van der Waals surface area (Å²) in [6, 6.07) is 6.16. The molecule has 0 aliphatic rings. The van der Waals surface area contributed by atoms with Crippen LogP contribution in [-0.4, -0.2) is 12.1 Å². The summed E-state index contributed by atoms with van der Waals surface area (Å²) in [4.78, 5) is 3.89. The summed E-state index contributed by atoms with van der Waals surface area (Å²) in [7, 11) is 1.48. The summed E-state index contributed by atoms with van der Waals surface area (Å²) in [6.07, 6.45) is 1.48. The number of halogens is 2. The summed E-state index contributed by atoms with van der Waals surface area (Å²) in [5, 5.41) is 0.303. The van der Waals surface area contributed by atoms with Crippen molar-refractivity contribution in [2.45, 2.75) is 0 Å². The number of ether oxygens (including phenoxy) is 1. The lowest BCUT2D eigenvalue weighted by atomic mass is 10.1. The topological polar surface area (TPSA) is 48.1 Å². The van der Waals surface area contributed by atoms with E-state index < -0.39 is 5.82 Å². The first kappa shape index (κ1) is 11.7. The second-order valence-electron chi connectivity index (χ2n) is 3.44. The Kier molecular flexibility index (Phi) is 3.15. The number of benzene rings is 1. The second-order valence-corrected chi connectivity index (χ2v) is 3.84. The molecular formula is C12H10ClFN2O. The summed E-state index contributed by atoms with van der Waals surface area (Å²) in [5.74, 6) is 0.289. The van der Waals surface area contributed by atoms with Crippen LogP contribution in [0.5, 0.6) is 5.75 Å². The Balaban J connectivity index is 2.49. The van der Waals surface area contributed by atoms with Crippen molar-refractivity contribution >= 4 is 17.4 Å². The van der Waals surface area contributed by atoms with Crippen LogP contribution in [0.3, 0.4) is 0 Å². The van der Waals surface area contributed by atoms with E-state index >= 15 is 0 Å². The van der Waals surface area contributed by atoms with Crippen molar-refractivity contribution in [2.24, 2.45) is 0 Å². The maximum absolute atomic E-state index is 13.8. The molecule has 0 saturated heterocycles. The van der Waals surface area contributed by atoms with Gasteiger partial charge in [0, 0.05) is 23.4 Å². The second kappa shape index (κ2) is 4.59. The first-order chi connectivity index (χ1) is 8.11. The first-order valence-electron chi connectivity index (χ1n) is 4.86. The van der Waals surface area contributed by atoms with Gasteiger partial charge in [-0.05, 0) is 18.2 Å². The highest BCUT2D eigenvalue weighted by molar-refractivity contribution is 6.33. The van der Waals surface area contributed by atoms with E-state index in [1.165, 1.54) is 19.4 Å². The molecule has 0 bridgehead atoms. The third kappa shape index (κ3) is 2.31. The van der Waals surface area contributed by atoms with E-state index in [-0.39, 0.29) is 5.82 Å². The number of methoxy groups -OCH3 is 1. The number of hydrogen-bond acceptors (Lipinski definition) is 3. The number of anilines is 1. The van der Waals surface area contributed by atoms with Crippen LogP contribution in [0.4, 0.5) is 10.2 Å². The van der Waals surface area contributed by atoms with Crippen molar-refractivity contribution < 1.29 is 9.13 Å². The molecule has 0 atom stereocenters. The Morgan fingerprint density at radius 3 is 2.71 bits per heavy atom. The highest BCUT2D eigenvalue weighted by atomic mass is 35.5. The van der Waals surface area contributed by atoms with E-state index in [2.05, 4.69) is 4.98 Å². The van der Waals surface area contributed by atoms with E-state index in [4.69, 9.17) is 22.1 Å². The molecule has 0 fully saturated rings. The van der Waals surface area contributed by atoms with E-state index in [9.17, 15) is 4.39 Å². The van der Waals surface area contributed by atoms with Crippen LogP contribution in [0.15, 0.2) is 30.5 Å². The molecule has 0 spiro atoms. The lowest BCUT2D eigenvalue weighted by molar-refractivity contribution is 0.411. The molecule has 17 heavy (non-hydrogen) atoms. The fourth-order valence-corrected chi connectivity index (χ4v) is 1.62. The maximum atomic E-state index is 13.8. The summed E-state index contributed by atoms with van der Waals surface area (Å²) in [5.41, 5.74) is 6.47. The van der Waals surface area contributed by atoms with Gasteiger partial charge in [-0.1, -0.05) is 11.6 Å². The molecular weight excluding hydrogens is 243 g/mol. The lowest BCUT2D eigenvalue weighted by Gasteiger charge is -2.06. The summed E-state index contributed by atoms with van der Waals surface area (Å²) < 4.78 is 18.7. The molecule has 0 amide bonds. The quantitative estimate of drug-likeness (QED) is 0.893. The average molecular weight is 253 g/mol. The van der Waals surface area contributed by atoms with Gasteiger partial charge in [-0.3, -0.25) is 0 Å². The molecule has 1 heterocycles. The highest BCUT2D eigenvalue weighted by Gasteiger charge is 2.08. The van der Waals surface area contributed by atoms with Gasteiger partial charge in [0.1, 0.15) is 17.4 Å². The summed E-state index contributed by atoms with van der Waals surface area (Å²) >= 11 is 5.84. The molecule has 0 unspecified atom stereocenters. The van der Waals surface area contributed by atoms with Crippen LogP contribution >= 0.6 is 11.6 Å². The number of rotatable bonds is 2. The molecule has 2 aromatic rings. The van der Waals surface area contributed by atoms with Gasteiger partial charge in [-0.15, -0.1) is 0 Å². The van der Waals surface area contributed by atoms with Gasteiger partial charge < -0.3 is 10.5 Å². The number of aromatic nitrogens is 1. The fraction of sp³-hybridized carbons (Fsp3) is 0.0833. The normalized spacial score (nSPS) is 10.3. The smallest absolute Gasteiger partial charge is 0.142 e. The minimum Gasteiger partial charge on any atom is -0.497 e. The standard InChI is InChI=1S/C12H10ClFN2O/c1-17-8-2-3-9(11(14)5-8)7-4-10(13)12(15)16-6-7/h2-6H,1H3,(H2,15,16). The minimum absolute atomic E-state index is 0.226. The largest absolute Gasteiger partial charge is 0.497 e. The van der Waals surface area contributed by atoms with Crippen LogP contribution in [0.25, 0.3) is 11.1 Å². The van der Waals surface area contributed by atoms with E-state index in [1.54, 1.807) is 18.2 Å². The van der Waals surface area contributed by atoms with Crippen LogP contribution in [0, 0.1) is 5.82 Å². The molecule has 5 heteroatoms. The number of nitrogens with zero attached hydrogens (tertiary/aromatic N) is 1. The van der Waals surface area contributed by atoms with Gasteiger partial charge in [0.05, 0.1) is 12.1 Å². The molecule has 0 saturated carbocycles. The van der Waals surface area contributed by atoms with Crippen molar-refractivity contribution in [1.29, 1.82) is 0 Å². The zero-order valence-corrected chi connectivity index (χ0v) is 9.83. The van der Waals surface area contributed by atoms with Crippen molar-refractivity contribution in [3.05, 3.63) is 41.3 Å². The maximum Gasteiger partial charge on any atom is 0.142 e. The third-order valence-corrected chi connectivity index (χ3v) is 2.66. The van der Waals surface area contributed by atoms with Crippen molar-refractivity contribution in [1.82, 2.24) is 4.98 Å². The third-order valence-electron chi connectivity index (χ3n) is 2.36. The number of hydrogen-bond donors (Lipinski definition) is 1. The van der Waals surface area contributed by atoms with Crippen LogP contribution in [0.2, 0.25) is 5.02 Å². The molecule has 0 radical (unpaired) electrons. The Morgan fingerprint density at radius 1 is 1.35 bits per heavy atom. The Morgan fingerprint density at radius 2 is 2.12 bits per heavy atom. The molecule has 2 N–H and O–H groups in total. The average Bonchev–Trinajstić information content (AvgIpc) is 2.32. The molecule has 2 rings (SSSR count). The van der Waals surface area contributed by atoms with Crippen molar-refractivity contribution in [3.8, 4) is 16.9 Å². The van der Waals surface area contributed by atoms with Gasteiger partial charge in [-0.2, -0.15) is 0 Å². The Bertz CT molecular complexity index is 560. The van der Waals surface area contributed by atoms with Crippen LogP contribution in [-0.2, 0) is 0 Å². The van der Waals surface area contributed by atoms with Gasteiger partial charge in [0.15, 0.2) is 0 Å². The van der Waals surface area contributed by atoms with Crippen molar-refractivity contribution in [3.63, 3.8) is 0 Å². The number of nitrogen functional groups attached to an aromatic ring is 1. The zero-order valence-electron chi connectivity index (χ0n) is 9.08. The molecule has 1 aromatic heterocycles. The fourth-order valence-electron chi connectivity index (χ4n) is 1.45. The molecule has 88 valence electrons. The van der Waals surface area contributed by atoms with E-state index in [0.29, 0.717) is 21.9 Å². The van der Waals surface area contributed by atoms with Gasteiger partial charge in [0.2, 0.25) is 0 Å². The van der Waals surface area contributed by atoms with Crippen molar-refractivity contribution in [2.75, 3.05) is 12.8 Å². The predicted octanol–water partition coefficient (Wildman–Crippen LogP) is 3.13. The predicted molar refractivity (Wildman–Crippen MR) is 65.6 cm³/mol. The van der Waals surface area contributed by atoms with Gasteiger partial charge >= 0.3 is 0 Å². The highest BCUT2D eigenvalue weighted by Crippen LogP contribution is 2.28. The summed E-state index contributed by atoms with van der Waals surface area (Å²) in [6.45, 7) is 0. The molecule has 0 aliphatic heterocycles. The van der Waals surface area contributed by atoms with Gasteiger partial charge in [0.25, 0.3) is 0 Å². The SMILES string of the molecule is COc1ccc(-c2cnc(N)c(Cl)c2)c(F)c1. The lowest BCUT2D eigenvalue weighted by Crippen LogP contribution is -1.93. The minimum atomic E-state index is -0.396. The Labute approximate surface area is 103 Å². The Hall–Kier alpha value is -1.81. The number of nitrogens with two attached hydrogens (primary N) is 1. The molecule has 3 nitrogen and oxygen atoms in total. The van der Waals surface area contributed by atoms with E-state index in [1.807, 2.05) is 0 Å². The van der Waals surface area contributed by atoms with Crippen LogP contribution in [0.1, 0.15) is 0 Å². The monoisotopic (exact) mass is 252 g/mol. The molecule has 1 aromatic carbocycles. The van der Waals surface area contributed by atoms with Crippen LogP contribution < -0.4 is 10.5 Å². The molecule has 0 aliphatic carbocycles. The number of pyridine rings is 1. The van der Waals surface area contributed by atoms with E-state index in [0.717, 1.165) is 0 Å². The van der Waals surface area contributed by atoms with Gasteiger partial charge in [-0.25, -0.2) is 9.37 Å².